The van der Waals surface area contributed by atoms with Gasteiger partial charge in [-0.3, -0.25) is 13.3 Å². The lowest BCUT2D eigenvalue weighted by Gasteiger charge is -2.17. The van der Waals surface area contributed by atoms with Gasteiger partial charge in [0.25, 0.3) is 0 Å². The smallest absolute Gasteiger partial charge is 0.302 e. The van der Waals surface area contributed by atoms with Gasteiger partial charge in [-0.25, -0.2) is 0 Å². The minimum atomic E-state index is -3.77. The first-order valence-electron chi connectivity index (χ1n) is 5.01. The summed E-state index contributed by atoms with van der Waals surface area (Å²) in [6, 6.07) is 4.99. The maximum atomic E-state index is 11.5. The lowest BCUT2D eigenvalue weighted by atomic mass is 10.3. The molecule has 18 heavy (non-hydrogen) atoms. The van der Waals surface area contributed by atoms with E-state index in [4.69, 9.17) is 0 Å². The van der Waals surface area contributed by atoms with Crippen molar-refractivity contribution in [2.75, 3.05) is 18.5 Å². The lowest BCUT2D eigenvalue weighted by Crippen LogP contribution is -2.27. The van der Waals surface area contributed by atoms with Crippen molar-refractivity contribution < 1.29 is 12.6 Å². The fourth-order valence-electron chi connectivity index (χ4n) is 1.56. The Morgan fingerprint density at radius 2 is 2.06 bits per heavy atom. The fraction of sp³-hybridized carbons (Fsp3) is 0.300. The van der Waals surface area contributed by atoms with Gasteiger partial charge < -0.3 is 4.57 Å². The molecule has 0 atom stereocenters. The number of nitrogens with zero attached hydrogens (tertiary/aromatic N) is 2. The van der Waals surface area contributed by atoms with Crippen LogP contribution in [0.1, 0.15) is 0 Å². The molecule has 2 rings (SSSR count). The van der Waals surface area contributed by atoms with E-state index in [-0.39, 0.29) is 4.87 Å². The average Bonchev–Trinajstić information content (AvgIpc) is 2.63. The first-order chi connectivity index (χ1) is 8.36. The van der Waals surface area contributed by atoms with E-state index in [9.17, 15) is 13.2 Å². The predicted octanol–water partition coefficient (Wildman–Crippen LogP) is 0.927. The number of thiazole rings is 1. The van der Waals surface area contributed by atoms with Crippen LogP contribution in [0.3, 0.4) is 0 Å². The minimum absolute atomic E-state index is 0.0839. The zero-order chi connectivity index (χ0) is 13.5. The Morgan fingerprint density at radius 3 is 2.67 bits per heavy atom. The van der Waals surface area contributed by atoms with Crippen molar-refractivity contribution in [3.63, 3.8) is 0 Å². The van der Waals surface area contributed by atoms with Crippen molar-refractivity contribution in [3.05, 3.63) is 27.9 Å². The molecule has 0 bridgehead atoms. The molecule has 0 radical (unpaired) electrons. The summed E-state index contributed by atoms with van der Waals surface area (Å²) in [7, 11) is 0.404. The van der Waals surface area contributed by atoms with Crippen LogP contribution in [0.15, 0.2) is 23.0 Å². The summed E-state index contributed by atoms with van der Waals surface area (Å²) in [5, 5.41) is 0. The first kappa shape index (κ1) is 13.1. The second-order valence-corrected chi connectivity index (χ2v) is 6.40. The van der Waals surface area contributed by atoms with Crippen LogP contribution in [0.2, 0.25) is 0 Å². The summed E-state index contributed by atoms with van der Waals surface area (Å²) in [4.78, 5) is 11.4. The van der Waals surface area contributed by atoms with Gasteiger partial charge in [-0.1, -0.05) is 11.3 Å². The molecule has 0 amide bonds. The monoisotopic (exact) mass is 288 g/mol. The van der Waals surface area contributed by atoms with E-state index in [2.05, 4.69) is 4.18 Å². The van der Waals surface area contributed by atoms with Gasteiger partial charge in [0.05, 0.1) is 23.0 Å². The number of benzene rings is 1. The largest absolute Gasteiger partial charge is 0.361 e. The predicted molar refractivity (Wildman–Crippen MR) is 71.4 cm³/mol. The average molecular weight is 288 g/mol. The number of hydrogen-bond acceptors (Lipinski definition) is 5. The van der Waals surface area contributed by atoms with E-state index < -0.39 is 10.3 Å². The maximum Gasteiger partial charge on any atom is 0.361 e. The maximum absolute atomic E-state index is 11.5. The second kappa shape index (κ2) is 4.38. The summed E-state index contributed by atoms with van der Waals surface area (Å²) in [6.45, 7) is 0. The van der Waals surface area contributed by atoms with Crippen molar-refractivity contribution in [2.45, 2.75) is 0 Å². The van der Waals surface area contributed by atoms with E-state index in [0.29, 0.717) is 5.69 Å². The number of anilines is 1. The third-order valence-electron chi connectivity index (χ3n) is 2.69. The molecule has 0 aliphatic carbocycles. The van der Waals surface area contributed by atoms with Gasteiger partial charge in [0.2, 0.25) is 0 Å². The summed E-state index contributed by atoms with van der Waals surface area (Å²) >= 11 is 1.07. The van der Waals surface area contributed by atoms with Gasteiger partial charge in [0, 0.05) is 14.1 Å². The lowest BCUT2D eigenvalue weighted by molar-refractivity contribution is 0.396. The molecule has 1 aromatic carbocycles. The summed E-state index contributed by atoms with van der Waals surface area (Å²) in [6.07, 6.45) is 0. The zero-order valence-electron chi connectivity index (χ0n) is 10.1. The first-order valence-corrected chi connectivity index (χ1v) is 7.19. The minimum Gasteiger partial charge on any atom is -0.302 e. The van der Waals surface area contributed by atoms with Crippen LogP contribution in [0.4, 0.5) is 5.69 Å². The van der Waals surface area contributed by atoms with Crippen molar-refractivity contribution in [1.82, 2.24) is 4.57 Å². The summed E-state index contributed by atoms with van der Waals surface area (Å²) in [5.74, 6) is 0. The van der Waals surface area contributed by atoms with Crippen molar-refractivity contribution in [2.24, 2.45) is 7.05 Å². The molecule has 1 aromatic heterocycles. The fourth-order valence-corrected chi connectivity index (χ4v) is 3.07. The third-order valence-corrected chi connectivity index (χ3v) is 4.98. The Balaban J connectivity index is 2.58. The summed E-state index contributed by atoms with van der Waals surface area (Å²) < 4.78 is 30.8. The molecule has 0 saturated carbocycles. The highest BCUT2D eigenvalue weighted by atomic mass is 32.2. The molecule has 0 aliphatic rings. The van der Waals surface area contributed by atoms with Crippen LogP contribution in [-0.2, 0) is 21.5 Å². The highest BCUT2D eigenvalue weighted by Crippen LogP contribution is 2.24. The van der Waals surface area contributed by atoms with E-state index in [0.717, 1.165) is 33.0 Å². The Bertz CT molecular complexity index is 745. The molecule has 98 valence electrons. The Kier molecular flexibility index (Phi) is 3.18. The van der Waals surface area contributed by atoms with Crippen LogP contribution in [0.25, 0.3) is 10.2 Å². The molecule has 0 N–H and O–H groups in total. The number of hydrogen-bond donors (Lipinski definition) is 0. The molecule has 0 unspecified atom stereocenters. The Morgan fingerprint density at radius 1 is 1.39 bits per heavy atom. The molecule has 0 aliphatic heterocycles. The van der Waals surface area contributed by atoms with Crippen LogP contribution in [0, 0.1) is 0 Å². The molecule has 8 heteroatoms. The third kappa shape index (κ3) is 2.02. The number of fused-ring (bicyclic) bond motifs is 1. The van der Waals surface area contributed by atoms with Gasteiger partial charge in [-0.15, -0.1) is 0 Å². The number of aromatic nitrogens is 1. The quantitative estimate of drug-likeness (QED) is 0.842. The summed E-state index contributed by atoms with van der Waals surface area (Å²) in [5.41, 5.74) is 1.23. The van der Waals surface area contributed by atoms with Crippen LogP contribution in [0.5, 0.6) is 0 Å². The number of aryl methyl sites for hydroxylation is 1. The SMILES string of the molecule is COS(=O)(=O)N(C)c1ccc2c(c1)sc(=O)n2C. The van der Waals surface area contributed by atoms with E-state index in [1.165, 1.54) is 11.6 Å². The molecule has 6 nitrogen and oxygen atoms in total. The second-order valence-electron chi connectivity index (χ2n) is 3.67. The molecular weight excluding hydrogens is 276 g/mol. The Labute approximate surface area is 108 Å². The van der Waals surface area contributed by atoms with Crippen LogP contribution >= 0.6 is 11.3 Å². The topological polar surface area (TPSA) is 68.6 Å². The number of rotatable bonds is 3. The standard InChI is InChI=1S/C10H12N2O4S2/c1-11-8-5-4-7(6-9(8)17-10(11)13)12(2)18(14,15)16-3/h4-6H,1-3H3. The Hall–Kier alpha value is -1.38. The van der Waals surface area contributed by atoms with E-state index in [1.54, 1.807) is 25.2 Å². The van der Waals surface area contributed by atoms with Crippen molar-refractivity contribution in [3.8, 4) is 0 Å². The normalized spacial score (nSPS) is 11.9. The zero-order valence-corrected chi connectivity index (χ0v) is 11.7. The molecule has 0 saturated heterocycles. The van der Waals surface area contributed by atoms with Crippen LogP contribution in [-0.4, -0.2) is 27.1 Å². The van der Waals surface area contributed by atoms with Gasteiger partial charge >= 0.3 is 15.2 Å². The van der Waals surface area contributed by atoms with Gasteiger partial charge in [-0.05, 0) is 18.2 Å². The molecule has 0 fully saturated rings. The van der Waals surface area contributed by atoms with Crippen molar-refractivity contribution in [1.29, 1.82) is 0 Å². The van der Waals surface area contributed by atoms with E-state index in [1.807, 2.05) is 0 Å². The molecule has 0 spiro atoms. The molecule has 2 aromatic rings. The van der Waals surface area contributed by atoms with E-state index >= 15 is 0 Å². The highest BCUT2D eigenvalue weighted by Gasteiger charge is 2.18. The van der Waals surface area contributed by atoms with Crippen LogP contribution < -0.4 is 9.18 Å². The van der Waals surface area contributed by atoms with Gasteiger partial charge in [-0.2, -0.15) is 8.42 Å². The molecule has 1 heterocycles. The van der Waals surface area contributed by atoms with Crippen molar-refractivity contribution >= 4 is 37.5 Å². The van der Waals surface area contributed by atoms with Gasteiger partial charge in [0.15, 0.2) is 0 Å². The highest BCUT2D eigenvalue weighted by molar-refractivity contribution is 7.88. The van der Waals surface area contributed by atoms with Gasteiger partial charge in [0.1, 0.15) is 0 Å². The molecular formula is C10H12N2O4S2.